The fourth-order valence-corrected chi connectivity index (χ4v) is 2.69. The molecule has 2 aromatic rings. The van der Waals surface area contributed by atoms with Crippen LogP contribution in [0.5, 0.6) is 0 Å². The molecule has 0 saturated heterocycles. The van der Waals surface area contributed by atoms with E-state index >= 15 is 0 Å². The Morgan fingerprint density at radius 2 is 1.31 bits per heavy atom. The number of methoxy groups -OCH3 is 1. The molecule has 0 aromatic heterocycles. The van der Waals surface area contributed by atoms with Crippen molar-refractivity contribution < 1.29 is 19.1 Å². The van der Waals surface area contributed by atoms with Gasteiger partial charge in [0.2, 0.25) is 11.8 Å². The summed E-state index contributed by atoms with van der Waals surface area (Å²) in [6, 6.07) is 13.9. The van der Waals surface area contributed by atoms with Crippen LogP contribution in [-0.4, -0.2) is 36.4 Å². The van der Waals surface area contributed by atoms with Crippen LogP contribution in [0.4, 0.5) is 11.4 Å². The summed E-state index contributed by atoms with van der Waals surface area (Å²) in [5, 5.41) is 5.49. The van der Waals surface area contributed by atoms with Gasteiger partial charge in [-0.3, -0.25) is 9.59 Å². The van der Waals surface area contributed by atoms with Crippen molar-refractivity contribution in [2.45, 2.75) is 6.92 Å². The van der Waals surface area contributed by atoms with Gasteiger partial charge in [0.15, 0.2) is 0 Å². The SMILES string of the molecule is COC(=O)c1ccc(NC(=O)CSCC(=O)Nc2ccc(C)cc2)cc1. The van der Waals surface area contributed by atoms with Crippen LogP contribution >= 0.6 is 11.8 Å². The molecule has 26 heavy (non-hydrogen) atoms. The van der Waals surface area contributed by atoms with E-state index in [9.17, 15) is 14.4 Å². The van der Waals surface area contributed by atoms with Gasteiger partial charge in [0.05, 0.1) is 24.2 Å². The number of benzene rings is 2. The van der Waals surface area contributed by atoms with Crippen molar-refractivity contribution in [1.82, 2.24) is 0 Å². The van der Waals surface area contributed by atoms with Crippen molar-refractivity contribution in [3.05, 3.63) is 59.7 Å². The number of amides is 2. The molecule has 0 atom stereocenters. The minimum Gasteiger partial charge on any atom is -0.465 e. The van der Waals surface area contributed by atoms with Gasteiger partial charge in [-0.1, -0.05) is 17.7 Å². The second kappa shape index (κ2) is 9.62. The Morgan fingerprint density at radius 1 is 0.846 bits per heavy atom. The Balaban J connectivity index is 1.72. The maximum Gasteiger partial charge on any atom is 0.337 e. The van der Waals surface area contributed by atoms with E-state index in [-0.39, 0.29) is 23.3 Å². The number of ether oxygens (including phenoxy) is 1. The Kier molecular flexibility index (Phi) is 7.23. The molecule has 2 amide bonds. The van der Waals surface area contributed by atoms with Gasteiger partial charge in [0.25, 0.3) is 0 Å². The Morgan fingerprint density at radius 3 is 1.77 bits per heavy atom. The Hall–Kier alpha value is -2.80. The first-order valence-corrected chi connectivity index (χ1v) is 9.06. The zero-order valence-corrected chi connectivity index (χ0v) is 15.4. The lowest BCUT2D eigenvalue weighted by Crippen LogP contribution is -2.18. The number of thioether (sulfide) groups is 1. The van der Waals surface area contributed by atoms with Crippen LogP contribution in [0.1, 0.15) is 15.9 Å². The van der Waals surface area contributed by atoms with Gasteiger partial charge in [0, 0.05) is 11.4 Å². The van der Waals surface area contributed by atoms with Gasteiger partial charge >= 0.3 is 5.97 Å². The molecular formula is C19H20N2O4S. The molecule has 0 radical (unpaired) electrons. The number of rotatable bonds is 7. The van der Waals surface area contributed by atoms with Crippen LogP contribution in [0.3, 0.4) is 0 Å². The lowest BCUT2D eigenvalue weighted by molar-refractivity contribution is -0.114. The van der Waals surface area contributed by atoms with Gasteiger partial charge in [-0.25, -0.2) is 4.79 Å². The molecule has 136 valence electrons. The fraction of sp³-hybridized carbons (Fsp3) is 0.211. The second-order valence-electron chi connectivity index (χ2n) is 5.52. The molecule has 2 N–H and O–H groups in total. The lowest BCUT2D eigenvalue weighted by Gasteiger charge is -2.07. The molecule has 0 unspecified atom stereocenters. The van der Waals surface area contributed by atoms with Crippen molar-refractivity contribution >= 4 is 40.9 Å². The van der Waals surface area contributed by atoms with E-state index in [0.29, 0.717) is 11.3 Å². The number of aryl methyl sites for hydroxylation is 1. The maximum atomic E-state index is 11.9. The fourth-order valence-electron chi connectivity index (χ4n) is 2.07. The summed E-state index contributed by atoms with van der Waals surface area (Å²) in [6.07, 6.45) is 0. The molecule has 0 fully saturated rings. The van der Waals surface area contributed by atoms with Crippen LogP contribution in [0.2, 0.25) is 0 Å². The van der Waals surface area contributed by atoms with Gasteiger partial charge in [-0.2, -0.15) is 0 Å². The number of carbonyl (C=O) groups is 3. The summed E-state index contributed by atoms with van der Waals surface area (Å²) in [5.74, 6) is -0.473. The first-order valence-electron chi connectivity index (χ1n) is 7.90. The third-order valence-corrected chi connectivity index (χ3v) is 4.32. The monoisotopic (exact) mass is 372 g/mol. The maximum absolute atomic E-state index is 11.9. The van der Waals surface area contributed by atoms with Crippen molar-refractivity contribution in [3.63, 3.8) is 0 Å². The largest absolute Gasteiger partial charge is 0.465 e. The highest BCUT2D eigenvalue weighted by molar-refractivity contribution is 8.00. The van der Waals surface area contributed by atoms with E-state index in [1.807, 2.05) is 31.2 Å². The standard InChI is InChI=1S/C19H20N2O4S/c1-13-3-7-15(8-4-13)20-17(22)11-26-12-18(23)21-16-9-5-14(6-10-16)19(24)25-2/h3-10H,11-12H2,1-2H3,(H,20,22)(H,21,23). The number of anilines is 2. The molecule has 0 bridgehead atoms. The summed E-state index contributed by atoms with van der Waals surface area (Å²) in [7, 11) is 1.31. The Labute approximate surface area is 156 Å². The molecule has 0 spiro atoms. The third-order valence-electron chi connectivity index (χ3n) is 3.39. The summed E-state index contributed by atoms with van der Waals surface area (Å²) < 4.78 is 4.61. The van der Waals surface area contributed by atoms with Crippen LogP contribution < -0.4 is 10.6 Å². The topological polar surface area (TPSA) is 84.5 Å². The van der Waals surface area contributed by atoms with Crippen molar-refractivity contribution in [2.75, 3.05) is 29.2 Å². The number of hydrogen-bond acceptors (Lipinski definition) is 5. The number of nitrogens with one attached hydrogen (secondary N) is 2. The highest BCUT2D eigenvalue weighted by Gasteiger charge is 2.08. The first-order chi connectivity index (χ1) is 12.5. The summed E-state index contributed by atoms with van der Waals surface area (Å²) in [4.78, 5) is 35.1. The molecular weight excluding hydrogens is 352 g/mol. The predicted molar refractivity (Wildman–Crippen MR) is 104 cm³/mol. The highest BCUT2D eigenvalue weighted by Crippen LogP contribution is 2.12. The predicted octanol–water partition coefficient (Wildman–Crippen LogP) is 3.09. The van der Waals surface area contributed by atoms with E-state index < -0.39 is 5.97 Å². The van der Waals surface area contributed by atoms with Gasteiger partial charge < -0.3 is 15.4 Å². The molecule has 6 nitrogen and oxygen atoms in total. The average molecular weight is 372 g/mol. The molecule has 0 aliphatic rings. The first kappa shape index (κ1) is 19.5. The molecule has 7 heteroatoms. The molecule has 0 heterocycles. The normalized spacial score (nSPS) is 10.1. The van der Waals surface area contributed by atoms with Crippen LogP contribution in [0.15, 0.2) is 48.5 Å². The average Bonchev–Trinajstić information content (AvgIpc) is 2.63. The second-order valence-corrected chi connectivity index (χ2v) is 6.51. The van der Waals surface area contributed by atoms with Crippen molar-refractivity contribution in [3.8, 4) is 0 Å². The van der Waals surface area contributed by atoms with Gasteiger partial charge in [-0.05, 0) is 43.3 Å². The van der Waals surface area contributed by atoms with E-state index in [0.717, 1.165) is 11.3 Å². The van der Waals surface area contributed by atoms with E-state index in [1.165, 1.54) is 18.9 Å². The minimum atomic E-state index is -0.432. The smallest absolute Gasteiger partial charge is 0.337 e. The van der Waals surface area contributed by atoms with Crippen LogP contribution in [0, 0.1) is 6.92 Å². The third kappa shape index (κ3) is 6.25. The molecule has 0 aliphatic carbocycles. The lowest BCUT2D eigenvalue weighted by atomic mass is 10.2. The molecule has 0 aliphatic heterocycles. The van der Waals surface area contributed by atoms with Gasteiger partial charge in [-0.15, -0.1) is 11.8 Å². The molecule has 0 saturated carbocycles. The van der Waals surface area contributed by atoms with E-state index in [1.54, 1.807) is 24.3 Å². The van der Waals surface area contributed by atoms with Crippen LogP contribution in [0.25, 0.3) is 0 Å². The van der Waals surface area contributed by atoms with Gasteiger partial charge in [0.1, 0.15) is 0 Å². The molecule has 2 aromatic carbocycles. The zero-order chi connectivity index (χ0) is 18.9. The minimum absolute atomic E-state index is 0.153. The summed E-state index contributed by atoms with van der Waals surface area (Å²) in [6.45, 7) is 1.98. The highest BCUT2D eigenvalue weighted by atomic mass is 32.2. The van der Waals surface area contributed by atoms with E-state index in [2.05, 4.69) is 15.4 Å². The summed E-state index contributed by atoms with van der Waals surface area (Å²) >= 11 is 1.22. The summed E-state index contributed by atoms with van der Waals surface area (Å²) in [5.41, 5.74) is 2.84. The molecule has 2 rings (SSSR count). The number of esters is 1. The Bertz CT molecular complexity index is 773. The van der Waals surface area contributed by atoms with Crippen molar-refractivity contribution in [2.24, 2.45) is 0 Å². The zero-order valence-electron chi connectivity index (χ0n) is 14.6. The van der Waals surface area contributed by atoms with Crippen LogP contribution in [-0.2, 0) is 14.3 Å². The van der Waals surface area contributed by atoms with E-state index in [4.69, 9.17) is 0 Å². The quantitative estimate of drug-likeness (QED) is 0.730. The number of carbonyl (C=O) groups excluding carboxylic acids is 3. The number of hydrogen-bond donors (Lipinski definition) is 2. The van der Waals surface area contributed by atoms with Crippen molar-refractivity contribution in [1.29, 1.82) is 0 Å².